The predicted molar refractivity (Wildman–Crippen MR) is 108 cm³/mol. The van der Waals surface area contributed by atoms with Gasteiger partial charge in [-0.3, -0.25) is 9.48 Å². The minimum Gasteiger partial charge on any atom is -0.348 e. The largest absolute Gasteiger partial charge is 0.348 e. The summed E-state index contributed by atoms with van der Waals surface area (Å²) in [5, 5.41) is 10.6. The number of aromatic nitrogens is 5. The zero-order chi connectivity index (χ0) is 19.3. The van der Waals surface area contributed by atoms with Crippen molar-refractivity contribution in [1.29, 1.82) is 0 Å². The third kappa shape index (κ3) is 4.27. The van der Waals surface area contributed by atoms with E-state index in [1.807, 2.05) is 22.3 Å². The van der Waals surface area contributed by atoms with Crippen molar-refractivity contribution in [2.45, 2.75) is 57.5 Å². The standard InChI is InChI=1S/C20H24N6OS/c1-2-3-19-25-18(12-28-19)20(27)24-15-4-6-16(7-5-15)26-11-14(10-23-26)17-8-9-21-13-22-17/h8-13,15-16H,2-7H2,1H3,(H,24,27). The van der Waals surface area contributed by atoms with E-state index in [1.165, 1.54) is 0 Å². The molecule has 7 nitrogen and oxygen atoms in total. The molecule has 1 saturated carbocycles. The Morgan fingerprint density at radius 3 is 2.93 bits per heavy atom. The van der Waals surface area contributed by atoms with Crippen LogP contribution in [0.1, 0.15) is 60.6 Å². The molecule has 3 aromatic rings. The van der Waals surface area contributed by atoms with Gasteiger partial charge in [-0.15, -0.1) is 11.3 Å². The highest BCUT2D eigenvalue weighted by Crippen LogP contribution is 2.29. The summed E-state index contributed by atoms with van der Waals surface area (Å²) in [6, 6.07) is 2.45. The second kappa shape index (κ2) is 8.60. The monoisotopic (exact) mass is 396 g/mol. The number of rotatable bonds is 6. The van der Waals surface area contributed by atoms with Crippen molar-refractivity contribution in [3.05, 3.63) is 47.1 Å². The number of hydrogen-bond acceptors (Lipinski definition) is 6. The Labute approximate surface area is 168 Å². The van der Waals surface area contributed by atoms with Crippen molar-refractivity contribution in [1.82, 2.24) is 30.0 Å². The molecule has 8 heteroatoms. The molecule has 1 aliphatic rings. The summed E-state index contributed by atoms with van der Waals surface area (Å²) >= 11 is 1.57. The lowest BCUT2D eigenvalue weighted by molar-refractivity contribution is 0.0917. The highest BCUT2D eigenvalue weighted by atomic mass is 32.1. The molecular weight excluding hydrogens is 372 g/mol. The van der Waals surface area contributed by atoms with Crippen LogP contribution in [-0.2, 0) is 6.42 Å². The molecule has 0 atom stereocenters. The normalized spacial score (nSPS) is 19.5. The highest BCUT2D eigenvalue weighted by Gasteiger charge is 2.25. The van der Waals surface area contributed by atoms with Gasteiger partial charge in [-0.2, -0.15) is 5.10 Å². The maximum absolute atomic E-state index is 12.4. The van der Waals surface area contributed by atoms with Crippen LogP contribution < -0.4 is 5.32 Å². The number of hydrogen-bond donors (Lipinski definition) is 1. The van der Waals surface area contributed by atoms with Gasteiger partial charge in [0.1, 0.15) is 12.0 Å². The summed E-state index contributed by atoms with van der Waals surface area (Å²) in [6.45, 7) is 2.12. The molecule has 0 aromatic carbocycles. The number of aryl methyl sites for hydroxylation is 1. The molecule has 0 saturated heterocycles. The number of carbonyl (C=O) groups is 1. The Balaban J connectivity index is 1.31. The first-order valence-corrected chi connectivity index (χ1v) is 10.7. The lowest BCUT2D eigenvalue weighted by Crippen LogP contribution is -2.38. The Morgan fingerprint density at radius 1 is 1.32 bits per heavy atom. The molecular formula is C20H24N6OS. The Kier molecular flexibility index (Phi) is 5.76. The Hall–Kier alpha value is -2.61. The number of thiazole rings is 1. The first-order chi connectivity index (χ1) is 13.7. The summed E-state index contributed by atoms with van der Waals surface area (Å²) in [5.41, 5.74) is 2.44. The average Bonchev–Trinajstić information content (AvgIpc) is 3.40. The summed E-state index contributed by atoms with van der Waals surface area (Å²) in [5.74, 6) is -0.0489. The minimum atomic E-state index is -0.0489. The van der Waals surface area contributed by atoms with Gasteiger partial charge in [-0.05, 0) is 44.6 Å². The SMILES string of the molecule is CCCc1nc(C(=O)NC2CCC(n3cc(-c4ccncn4)cn3)CC2)cs1. The van der Waals surface area contributed by atoms with Crippen molar-refractivity contribution in [3.8, 4) is 11.3 Å². The van der Waals surface area contributed by atoms with Crippen LogP contribution in [0.3, 0.4) is 0 Å². The van der Waals surface area contributed by atoms with E-state index in [0.717, 1.165) is 54.8 Å². The predicted octanol–water partition coefficient (Wildman–Crippen LogP) is 3.66. The van der Waals surface area contributed by atoms with Crippen LogP contribution in [0.4, 0.5) is 0 Å². The summed E-state index contributed by atoms with van der Waals surface area (Å²) in [7, 11) is 0. The second-order valence-corrected chi connectivity index (χ2v) is 8.10. The van der Waals surface area contributed by atoms with Gasteiger partial charge in [0.25, 0.3) is 5.91 Å². The summed E-state index contributed by atoms with van der Waals surface area (Å²) in [4.78, 5) is 25.1. The lowest BCUT2D eigenvalue weighted by Gasteiger charge is -2.29. The van der Waals surface area contributed by atoms with Crippen LogP contribution in [0.5, 0.6) is 0 Å². The van der Waals surface area contributed by atoms with E-state index in [2.05, 4.69) is 38.5 Å². The van der Waals surface area contributed by atoms with Crippen molar-refractivity contribution in [3.63, 3.8) is 0 Å². The second-order valence-electron chi connectivity index (χ2n) is 7.16. The van der Waals surface area contributed by atoms with Gasteiger partial charge in [0.05, 0.1) is 22.9 Å². The third-order valence-corrected chi connectivity index (χ3v) is 6.04. The Bertz CT molecular complexity index is 914. The van der Waals surface area contributed by atoms with Crippen LogP contribution in [0, 0.1) is 0 Å². The van der Waals surface area contributed by atoms with E-state index in [4.69, 9.17) is 0 Å². The van der Waals surface area contributed by atoms with Crippen molar-refractivity contribution in [2.75, 3.05) is 0 Å². The molecule has 1 aliphatic carbocycles. The minimum absolute atomic E-state index is 0.0489. The molecule has 3 aromatic heterocycles. The van der Waals surface area contributed by atoms with Gasteiger partial charge < -0.3 is 5.32 Å². The molecule has 4 rings (SSSR count). The Morgan fingerprint density at radius 2 is 2.18 bits per heavy atom. The first-order valence-electron chi connectivity index (χ1n) is 9.78. The molecule has 1 fully saturated rings. The van der Waals surface area contributed by atoms with E-state index in [-0.39, 0.29) is 11.9 Å². The van der Waals surface area contributed by atoms with E-state index >= 15 is 0 Å². The third-order valence-electron chi connectivity index (χ3n) is 5.13. The van der Waals surface area contributed by atoms with Crippen molar-refractivity contribution in [2.24, 2.45) is 0 Å². The zero-order valence-corrected chi connectivity index (χ0v) is 16.7. The van der Waals surface area contributed by atoms with Crippen LogP contribution in [-0.4, -0.2) is 36.7 Å². The fourth-order valence-electron chi connectivity index (χ4n) is 3.62. The lowest BCUT2D eigenvalue weighted by atomic mass is 9.91. The molecule has 28 heavy (non-hydrogen) atoms. The molecule has 146 valence electrons. The van der Waals surface area contributed by atoms with Gasteiger partial charge in [0, 0.05) is 29.4 Å². The van der Waals surface area contributed by atoms with E-state index in [9.17, 15) is 4.79 Å². The van der Waals surface area contributed by atoms with E-state index < -0.39 is 0 Å². The van der Waals surface area contributed by atoms with Crippen LogP contribution in [0.15, 0.2) is 36.4 Å². The van der Waals surface area contributed by atoms with E-state index in [0.29, 0.717) is 11.7 Å². The molecule has 1 amide bonds. The summed E-state index contributed by atoms with van der Waals surface area (Å²) in [6.07, 6.45) is 13.1. The molecule has 1 N–H and O–H groups in total. The molecule has 3 heterocycles. The van der Waals surface area contributed by atoms with Crippen LogP contribution in [0.25, 0.3) is 11.3 Å². The van der Waals surface area contributed by atoms with Gasteiger partial charge in [-0.25, -0.2) is 15.0 Å². The number of amides is 1. The number of carbonyl (C=O) groups excluding carboxylic acids is 1. The quantitative estimate of drug-likeness (QED) is 0.687. The molecule has 0 bridgehead atoms. The maximum atomic E-state index is 12.4. The highest BCUT2D eigenvalue weighted by molar-refractivity contribution is 7.09. The molecule has 0 unspecified atom stereocenters. The van der Waals surface area contributed by atoms with Gasteiger partial charge in [0.15, 0.2) is 0 Å². The summed E-state index contributed by atoms with van der Waals surface area (Å²) < 4.78 is 2.03. The van der Waals surface area contributed by atoms with Crippen LogP contribution >= 0.6 is 11.3 Å². The maximum Gasteiger partial charge on any atom is 0.270 e. The van der Waals surface area contributed by atoms with Gasteiger partial charge >= 0.3 is 0 Å². The van der Waals surface area contributed by atoms with Crippen LogP contribution in [0.2, 0.25) is 0 Å². The van der Waals surface area contributed by atoms with Crippen molar-refractivity contribution < 1.29 is 4.79 Å². The smallest absolute Gasteiger partial charge is 0.270 e. The number of nitrogens with zero attached hydrogens (tertiary/aromatic N) is 5. The average molecular weight is 397 g/mol. The fourth-order valence-corrected chi connectivity index (χ4v) is 4.50. The van der Waals surface area contributed by atoms with Gasteiger partial charge in [-0.1, -0.05) is 6.92 Å². The van der Waals surface area contributed by atoms with E-state index in [1.54, 1.807) is 23.9 Å². The topological polar surface area (TPSA) is 85.6 Å². The molecule has 0 aliphatic heterocycles. The molecule has 0 radical (unpaired) electrons. The van der Waals surface area contributed by atoms with Gasteiger partial charge in [0.2, 0.25) is 0 Å². The zero-order valence-electron chi connectivity index (χ0n) is 15.9. The first kappa shape index (κ1) is 18.7. The molecule has 0 spiro atoms. The number of nitrogens with one attached hydrogen (secondary N) is 1. The fraction of sp³-hybridized carbons (Fsp3) is 0.450. The van der Waals surface area contributed by atoms with Crippen molar-refractivity contribution >= 4 is 17.2 Å².